The number of ether oxygens (including phenoxy) is 1. The maximum absolute atomic E-state index is 11.3. The van der Waals surface area contributed by atoms with Gasteiger partial charge >= 0.3 is 12.1 Å². The van der Waals surface area contributed by atoms with E-state index < -0.39 is 12.1 Å². The van der Waals surface area contributed by atoms with Crippen molar-refractivity contribution in [1.29, 1.82) is 0 Å². The van der Waals surface area contributed by atoms with Crippen LogP contribution in [-0.4, -0.2) is 29.3 Å². The Morgan fingerprint density at radius 3 is 2.25 bits per heavy atom. The van der Waals surface area contributed by atoms with Crippen LogP contribution in [0.1, 0.15) is 39.5 Å². The van der Waals surface area contributed by atoms with Crippen molar-refractivity contribution in [2.24, 2.45) is 5.92 Å². The molecule has 0 bridgehead atoms. The lowest BCUT2D eigenvalue weighted by atomic mass is 9.86. The van der Waals surface area contributed by atoms with Gasteiger partial charge in [-0.05, 0) is 39.5 Å². The average Bonchev–Trinajstić information content (AvgIpc) is 2.16. The number of hydrogen-bond donors (Lipinski definition) is 2. The fourth-order valence-electron chi connectivity index (χ4n) is 1.90. The summed E-state index contributed by atoms with van der Waals surface area (Å²) in [6.45, 7) is 3.59. The molecule has 2 N–H and O–H groups in total. The number of carboxylic acids is 1. The van der Waals surface area contributed by atoms with E-state index in [9.17, 15) is 9.59 Å². The van der Waals surface area contributed by atoms with E-state index in [1.54, 1.807) is 13.8 Å². The zero-order chi connectivity index (χ0) is 12.1. The summed E-state index contributed by atoms with van der Waals surface area (Å²) in [7, 11) is 0. The summed E-state index contributed by atoms with van der Waals surface area (Å²) in [4.78, 5) is 22.0. The average molecular weight is 229 g/mol. The second-order valence-corrected chi connectivity index (χ2v) is 4.49. The second-order valence-electron chi connectivity index (χ2n) is 4.49. The molecule has 0 spiro atoms. The topological polar surface area (TPSA) is 75.6 Å². The Morgan fingerprint density at radius 2 is 1.81 bits per heavy atom. The predicted molar refractivity (Wildman–Crippen MR) is 58.1 cm³/mol. The molecule has 1 saturated carbocycles. The van der Waals surface area contributed by atoms with E-state index in [4.69, 9.17) is 9.84 Å². The number of carboxylic acid groups (broad SMARTS) is 1. The molecule has 1 fully saturated rings. The SMILES string of the molecule is CC(C)OC(=O)NC1CCC(C(=O)O)CC1. The molecule has 1 amide bonds. The zero-order valence-corrected chi connectivity index (χ0v) is 9.73. The lowest BCUT2D eigenvalue weighted by Crippen LogP contribution is -2.39. The van der Waals surface area contributed by atoms with E-state index in [0.29, 0.717) is 25.7 Å². The minimum absolute atomic E-state index is 0.0573. The number of hydrogen-bond acceptors (Lipinski definition) is 3. The Hall–Kier alpha value is -1.26. The molecule has 0 aromatic carbocycles. The summed E-state index contributed by atoms with van der Waals surface area (Å²) < 4.78 is 4.96. The third-order valence-electron chi connectivity index (χ3n) is 2.74. The highest BCUT2D eigenvalue weighted by Crippen LogP contribution is 2.24. The summed E-state index contributed by atoms with van der Waals surface area (Å²) in [6.07, 6.45) is 2.14. The number of alkyl carbamates (subject to hydrolysis) is 1. The first-order chi connectivity index (χ1) is 7.49. The van der Waals surface area contributed by atoms with Crippen LogP contribution >= 0.6 is 0 Å². The highest BCUT2D eigenvalue weighted by Gasteiger charge is 2.26. The molecule has 1 aliphatic carbocycles. The predicted octanol–water partition coefficient (Wildman–Crippen LogP) is 1.76. The Labute approximate surface area is 95.2 Å². The van der Waals surface area contributed by atoms with Gasteiger partial charge < -0.3 is 15.2 Å². The number of aliphatic carboxylic acids is 1. The summed E-state index contributed by atoms with van der Waals surface area (Å²) in [6, 6.07) is 0.0573. The van der Waals surface area contributed by atoms with Crippen LogP contribution in [0, 0.1) is 5.92 Å². The van der Waals surface area contributed by atoms with Crippen LogP contribution in [0.4, 0.5) is 4.79 Å². The molecule has 0 aromatic rings. The Kier molecular flexibility index (Phi) is 4.58. The Bertz CT molecular complexity index is 257. The molecule has 0 aliphatic heterocycles. The molecule has 0 unspecified atom stereocenters. The highest BCUT2D eigenvalue weighted by atomic mass is 16.6. The molecule has 0 radical (unpaired) electrons. The number of nitrogens with one attached hydrogen (secondary N) is 1. The molecule has 5 nitrogen and oxygen atoms in total. The van der Waals surface area contributed by atoms with Crippen molar-refractivity contribution in [3.8, 4) is 0 Å². The van der Waals surface area contributed by atoms with Gasteiger partial charge in [-0.15, -0.1) is 0 Å². The minimum atomic E-state index is -0.733. The normalized spacial score (nSPS) is 25.2. The molecule has 0 heterocycles. The van der Waals surface area contributed by atoms with Gasteiger partial charge in [0, 0.05) is 6.04 Å². The van der Waals surface area contributed by atoms with E-state index in [-0.39, 0.29) is 18.1 Å². The number of carbonyl (C=O) groups is 2. The van der Waals surface area contributed by atoms with Crippen LogP contribution in [0.3, 0.4) is 0 Å². The summed E-state index contributed by atoms with van der Waals surface area (Å²) in [5.74, 6) is -0.984. The van der Waals surface area contributed by atoms with E-state index in [2.05, 4.69) is 5.32 Å². The molecule has 1 aliphatic rings. The lowest BCUT2D eigenvalue weighted by molar-refractivity contribution is -0.142. The Morgan fingerprint density at radius 1 is 1.25 bits per heavy atom. The van der Waals surface area contributed by atoms with Gasteiger partial charge in [-0.3, -0.25) is 4.79 Å². The lowest BCUT2D eigenvalue weighted by Gasteiger charge is -2.26. The van der Waals surface area contributed by atoms with Gasteiger partial charge in [0.05, 0.1) is 12.0 Å². The van der Waals surface area contributed by atoms with E-state index in [1.165, 1.54) is 0 Å². The summed E-state index contributed by atoms with van der Waals surface area (Å²) in [5.41, 5.74) is 0. The van der Waals surface area contributed by atoms with Crippen molar-refractivity contribution < 1.29 is 19.4 Å². The minimum Gasteiger partial charge on any atom is -0.481 e. The molecule has 5 heteroatoms. The Balaban J connectivity index is 2.26. The van der Waals surface area contributed by atoms with Crippen LogP contribution < -0.4 is 5.32 Å². The van der Waals surface area contributed by atoms with Crippen molar-refractivity contribution in [2.75, 3.05) is 0 Å². The molecular weight excluding hydrogens is 210 g/mol. The molecular formula is C11H19NO4. The molecule has 0 atom stereocenters. The molecule has 0 aromatic heterocycles. The maximum Gasteiger partial charge on any atom is 0.407 e. The third-order valence-corrected chi connectivity index (χ3v) is 2.74. The van der Waals surface area contributed by atoms with Crippen LogP contribution in [0.25, 0.3) is 0 Å². The second kappa shape index (κ2) is 5.72. The van der Waals surface area contributed by atoms with E-state index in [0.717, 1.165) is 0 Å². The highest BCUT2D eigenvalue weighted by molar-refractivity contribution is 5.70. The van der Waals surface area contributed by atoms with E-state index in [1.807, 2.05) is 0 Å². The third kappa shape index (κ3) is 4.08. The maximum atomic E-state index is 11.3. The van der Waals surface area contributed by atoms with Crippen LogP contribution in [-0.2, 0) is 9.53 Å². The quantitative estimate of drug-likeness (QED) is 0.773. The van der Waals surface area contributed by atoms with Gasteiger partial charge in [0.2, 0.25) is 0 Å². The van der Waals surface area contributed by atoms with Crippen molar-refractivity contribution >= 4 is 12.1 Å². The van der Waals surface area contributed by atoms with Gasteiger partial charge in [-0.25, -0.2) is 4.79 Å². The smallest absolute Gasteiger partial charge is 0.407 e. The number of amides is 1. The van der Waals surface area contributed by atoms with Crippen molar-refractivity contribution in [3.63, 3.8) is 0 Å². The molecule has 92 valence electrons. The van der Waals surface area contributed by atoms with Crippen LogP contribution in [0.15, 0.2) is 0 Å². The monoisotopic (exact) mass is 229 g/mol. The molecule has 1 rings (SSSR count). The van der Waals surface area contributed by atoms with Gasteiger partial charge in [0.15, 0.2) is 0 Å². The van der Waals surface area contributed by atoms with Gasteiger partial charge in [0.25, 0.3) is 0 Å². The molecule has 16 heavy (non-hydrogen) atoms. The first-order valence-corrected chi connectivity index (χ1v) is 5.69. The fourth-order valence-corrected chi connectivity index (χ4v) is 1.90. The van der Waals surface area contributed by atoms with Crippen molar-refractivity contribution in [3.05, 3.63) is 0 Å². The fraction of sp³-hybridized carbons (Fsp3) is 0.818. The first-order valence-electron chi connectivity index (χ1n) is 5.69. The zero-order valence-electron chi connectivity index (χ0n) is 9.73. The number of rotatable bonds is 3. The largest absolute Gasteiger partial charge is 0.481 e. The summed E-state index contributed by atoms with van der Waals surface area (Å²) >= 11 is 0. The standard InChI is InChI=1S/C11H19NO4/c1-7(2)16-11(15)12-9-5-3-8(4-6-9)10(13)14/h7-9H,3-6H2,1-2H3,(H,12,15)(H,13,14). The van der Waals surface area contributed by atoms with Gasteiger partial charge in [0.1, 0.15) is 0 Å². The number of carbonyl (C=O) groups excluding carboxylic acids is 1. The first kappa shape index (κ1) is 12.8. The van der Waals surface area contributed by atoms with Crippen LogP contribution in [0.5, 0.6) is 0 Å². The van der Waals surface area contributed by atoms with Crippen molar-refractivity contribution in [2.45, 2.75) is 51.7 Å². The van der Waals surface area contributed by atoms with E-state index >= 15 is 0 Å². The molecule has 0 saturated heterocycles. The summed E-state index contributed by atoms with van der Waals surface area (Å²) in [5, 5.41) is 11.6. The van der Waals surface area contributed by atoms with Crippen molar-refractivity contribution in [1.82, 2.24) is 5.32 Å². The van der Waals surface area contributed by atoms with Gasteiger partial charge in [-0.1, -0.05) is 0 Å². The van der Waals surface area contributed by atoms with Crippen LogP contribution in [0.2, 0.25) is 0 Å². The van der Waals surface area contributed by atoms with Gasteiger partial charge in [-0.2, -0.15) is 0 Å².